The van der Waals surface area contributed by atoms with Gasteiger partial charge in [0.2, 0.25) is 0 Å². The predicted octanol–water partition coefficient (Wildman–Crippen LogP) is 3.63. The topological polar surface area (TPSA) is 31.2 Å². The predicted molar refractivity (Wildman–Crippen MR) is 83.4 cm³/mol. The van der Waals surface area contributed by atoms with E-state index >= 15 is 0 Å². The van der Waals surface area contributed by atoms with E-state index in [9.17, 15) is 4.79 Å². The van der Waals surface area contributed by atoms with Crippen LogP contribution in [0.4, 0.5) is 0 Å². The molecular formula is C15H16INO2. The van der Waals surface area contributed by atoms with Crippen LogP contribution in [0.25, 0.3) is 0 Å². The molecule has 2 rings (SSSR count). The number of aryl methyl sites for hydroxylation is 1. The first-order valence-electron chi connectivity index (χ1n) is 6.19. The summed E-state index contributed by atoms with van der Waals surface area (Å²) in [5.74, 6) is -0.254. The van der Waals surface area contributed by atoms with Crippen molar-refractivity contribution in [1.29, 1.82) is 0 Å². The summed E-state index contributed by atoms with van der Waals surface area (Å²) in [6.45, 7) is 4.82. The Morgan fingerprint density at radius 3 is 2.58 bits per heavy atom. The van der Waals surface area contributed by atoms with Crippen molar-refractivity contribution in [3.63, 3.8) is 0 Å². The van der Waals surface area contributed by atoms with Gasteiger partial charge < -0.3 is 9.30 Å². The Morgan fingerprint density at radius 2 is 1.95 bits per heavy atom. The third-order valence-electron chi connectivity index (χ3n) is 2.90. The highest BCUT2D eigenvalue weighted by molar-refractivity contribution is 14.1. The zero-order valence-electron chi connectivity index (χ0n) is 11.0. The fourth-order valence-corrected chi connectivity index (χ4v) is 2.34. The third kappa shape index (κ3) is 3.37. The molecule has 0 atom stereocenters. The van der Waals surface area contributed by atoms with Crippen molar-refractivity contribution in [3.8, 4) is 0 Å². The van der Waals surface area contributed by atoms with Gasteiger partial charge >= 0.3 is 5.97 Å². The molecule has 0 unspecified atom stereocenters. The zero-order chi connectivity index (χ0) is 13.8. The number of halogens is 1. The monoisotopic (exact) mass is 369 g/mol. The van der Waals surface area contributed by atoms with Gasteiger partial charge in [0.1, 0.15) is 5.69 Å². The molecule has 3 nitrogen and oxygen atoms in total. The first-order chi connectivity index (χ1) is 9.11. The van der Waals surface area contributed by atoms with E-state index in [0.29, 0.717) is 18.8 Å². The number of aromatic nitrogens is 1. The van der Waals surface area contributed by atoms with Crippen LogP contribution in [0.1, 0.15) is 28.5 Å². The number of carbonyl (C=O) groups excluding carboxylic acids is 1. The molecule has 0 fully saturated rings. The van der Waals surface area contributed by atoms with E-state index in [1.807, 2.05) is 30.7 Å². The van der Waals surface area contributed by atoms with Gasteiger partial charge in [0, 0.05) is 16.3 Å². The molecule has 1 aromatic carbocycles. The lowest BCUT2D eigenvalue weighted by molar-refractivity contribution is 0.0513. The lowest BCUT2D eigenvalue weighted by Gasteiger charge is -2.10. The molecule has 0 saturated carbocycles. The normalized spacial score (nSPS) is 10.5. The smallest absolute Gasteiger partial charge is 0.355 e. The largest absolute Gasteiger partial charge is 0.461 e. The number of nitrogens with zero attached hydrogens (tertiary/aromatic N) is 1. The van der Waals surface area contributed by atoms with Crippen LogP contribution in [-0.4, -0.2) is 17.1 Å². The van der Waals surface area contributed by atoms with Gasteiger partial charge in [-0.3, -0.25) is 0 Å². The Kier molecular flexibility index (Phi) is 4.63. The average Bonchev–Trinajstić information content (AvgIpc) is 2.74. The second-order valence-corrected chi connectivity index (χ2v) is 5.57. The standard InChI is InChI=1S/C15H16INO2/c1-3-19-15(18)14-11(2)8-9-17(14)10-12-4-6-13(16)7-5-12/h4-9H,3,10H2,1-2H3. The number of esters is 1. The van der Waals surface area contributed by atoms with Crippen molar-refractivity contribution in [1.82, 2.24) is 4.57 Å². The van der Waals surface area contributed by atoms with Crippen molar-refractivity contribution in [2.75, 3.05) is 6.61 Å². The minimum atomic E-state index is -0.254. The molecule has 0 bridgehead atoms. The maximum absolute atomic E-state index is 11.9. The summed E-state index contributed by atoms with van der Waals surface area (Å²) in [5, 5.41) is 0. The molecule has 0 aliphatic carbocycles. The summed E-state index contributed by atoms with van der Waals surface area (Å²) in [6, 6.07) is 10.2. The molecule has 2 aromatic rings. The Bertz CT molecular complexity index is 572. The molecule has 0 spiro atoms. The van der Waals surface area contributed by atoms with E-state index in [-0.39, 0.29) is 5.97 Å². The Morgan fingerprint density at radius 1 is 1.26 bits per heavy atom. The van der Waals surface area contributed by atoms with E-state index in [4.69, 9.17) is 4.74 Å². The third-order valence-corrected chi connectivity index (χ3v) is 3.62. The highest BCUT2D eigenvalue weighted by Gasteiger charge is 2.15. The molecule has 1 heterocycles. The zero-order valence-corrected chi connectivity index (χ0v) is 13.2. The molecule has 4 heteroatoms. The van der Waals surface area contributed by atoms with Crippen LogP contribution in [-0.2, 0) is 11.3 Å². The molecular weight excluding hydrogens is 353 g/mol. The van der Waals surface area contributed by atoms with Gasteiger partial charge in [-0.1, -0.05) is 12.1 Å². The van der Waals surface area contributed by atoms with E-state index in [2.05, 4.69) is 46.9 Å². The van der Waals surface area contributed by atoms with E-state index in [0.717, 1.165) is 5.56 Å². The van der Waals surface area contributed by atoms with E-state index < -0.39 is 0 Å². The number of rotatable bonds is 4. The van der Waals surface area contributed by atoms with Crippen molar-refractivity contribution in [2.45, 2.75) is 20.4 Å². The maximum Gasteiger partial charge on any atom is 0.355 e. The van der Waals surface area contributed by atoms with Gasteiger partial charge in [-0.2, -0.15) is 0 Å². The maximum atomic E-state index is 11.9. The van der Waals surface area contributed by atoms with Crippen molar-refractivity contribution < 1.29 is 9.53 Å². The fraction of sp³-hybridized carbons (Fsp3) is 0.267. The molecule has 19 heavy (non-hydrogen) atoms. The average molecular weight is 369 g/mol. The molecule has 0 amide bonds. The van der Waals surface area contributed by atoms with Crippen molar-refractivity contribution >= 4 is 28.6 Å². The fourth-order valence-electron chi connectivity index (χ4n) is 1.98. The molecule has 1 aromatic heterocycles. The van der Waals surface area contributed by atoms with Crippen LogP contribution in [0.2, 0.25) is 0 Å². The van der Waals surface area contributed by atoms with Gasteiger partial charge in [0.25, 0.3) is 0 Å². The SMILES string of the molecule is CCOC(=O)c1c(C)ccn1Cc1ccc(I)cc1. The highest BCUT2D eigenvalue weighted by Crippen LogP contribution is 2.15. The van der Waals surface area contributed by atoms with Crippen LogP contribution in [0.3, 0.4) is 0 Å². The summed E-state index contributed by atoms with van der Waals surface area (Å²) in [6.07, 6.45) is 1.93. The lowest BCUT2D eigenvalue weighted by Crippen LogP contribution is -2.13. The molecule has 0 aliphatic heterocycles. The van der Waals surface area contributed by atoms with Gasteiger partial charge in [-0.05, 0) is 65.8 Å². The number of ether oxygens (including phenoxy) is 1. The number of carbonyl (C=O) groups is 1. The summed E-state index contributed by atoms with van der Waals surface area (Å²) >= 11 is 2.28. The molecule has 0 saturated heterocycles. The Labute approximate surface area is 126 Å². The van der Waals surface area contributed by atoms with Crippen molar-refractivity contribution in [2.24, 2.45) is 0 Å². The summed E-state index contributed by atoms with van der Waals surface area (Å²) in [5.41, 5.74) is 2.76. The molecule has 0 aliphatic rings. The Hall–Kier alpha value is -1.30. The van der Waals surface area contributed by atoms with Crippen LogP contribution in [0.15, 0.2) is 36.5 Å². The van der Waals surface area contributed by atoms with E-state index in [1.54, 1.807) is 0 Å². The quantitative estimate of drug-likeness (QED) is 0.609. The Balaban J connectivity index is 2.25. The second-order valence-electron chi connectivity index (χ2n) is 4.32. The first kappa shape index (κ1) is 14.1. The minimum absolute atomic E-state index is 0.254. The van der Waals surface area contributed by atoms with Gasteiger partial charge in [-0.25, -0.2) is 4.79 Å². The van der Waals surface area contributed by atoms with Gasteiger partial charge in [0.05, 0.1) is 6.61 Å². The summed E-state index contributed by atoms with van der Waals surface area (Å²) < 4.78 is 8.25. The summed E-state index contributed by atoms with van der Waals surface area (Å²) in [7, 11) is 0. The van der Waals surface area contributed by atoms with Gasteiger partial charge in [0.15, 0.2) is 0 Å². The van der Waals surface area contributed by atoms with Crippen molar-refractivity contribution in [3.05, 3.63) is 56.9 Å². The number of hydrogen-bond donors (Lipinski definition) is 0. The van der Waals surface area contributed by atoms with Crippen LogP contribution >= 0.6 is 22.6 Å². The summed E-state index contributed by atoms with van der Waals surface area (Å²) in [4.78, 5) is 11.9. The molecule has 0 radical (unpaired) electrons. The van der Waals surface area contributed by atoms with Crippen LogP contribution in [0, 0.1) is 10.5 Å². The molecule has 100 valence electrons. The number of benzene rings is 1. The van der Waals surface area contributed by atoms with Crippen LogP contribution < -0.4 is 0 Å². The van der Waals surface area contributed by atoms with Gasteiger partial charge in [-0.15, -0.1) is 0 Å². The molecule has 0 N–H and O–H groups in total. The number of hydrogen-bond acceptors (Lipinski definition) is 2. The lowest BCUT2D eigenvalue weighted by atomic mass is 10.2. The second kappa shape index (κ2) is 6.23. The minimum Gasteiger partial charge on any atom is -0.461 e. The highest BCUT2D eigenvalue weighted by atomic mass is 127. The van der Waals surface area contributed by atoms with Crippen LogP contribution in [0.5, 0.6) is 0 Å². The first-order valence-corrected chi connectivity index (χ1v) is 7.27. The van der Waals surface area contributed by atoms with E-state index in [1.165, 1.54) is 9.13 Å².